The van der Waals surface area contributed by atoms with Crippen molar-refractivity contribution in [3.63, 3.8) is 0 Å². The molecule has 2 nitrogen and oxygen atoms in total. The topological polar surface area (TPSA) is 15.3 Å². The van der Waals surface area contributed by atoms with Gasteiger partial charge in [-0.25, -0.2) is 0 Å². The molecule has 0 aromatic heterocycles. The second-order valence-corrected chi connectivity index (χ2v) is 7.15. The molecule has 0 saturated heterocycles. The average Bonchev–Trinajstić information content (AvgIpc) is 2.27. The van der Waals surface area contributed by atoms with Crippen molar-refractivity contribution < 1.29 is 0 Å². The van der Waals surface area contributed by atoms with Gasteiger partial charge in [-0.05, 0) is 64.5 Å². The zero-order valence-corrected chi connectivity index (χ0v) is 13.4. The molecule has 2 heteroatoms. The zero-order chi connectivity index (χ0) is 13.8. The van der Waals surface area contributed by atoms with Crippen molar-refractivity contribution in [3.8, 4) is 0 Å². The van der Waals surface area contributed by atoms with Crippen LogP contribution in [0.2, 0.25) is 0 Å². The average molecular weight is 254 g/mol. The van der Waals surface area contributed by atoms with Gasteiger partial charge in [0.25, 0.3) is 0 Å². The Morgan fingerprint density at radius 1 is 1.33 bits per heavy atom. The molecule has 0 aromatic rings. The van der Waals surface area contributed by atoms with E-state index in [2.05, 4.69) is 51.9 Å². The molecular weight excluding hydrogens is 220 g/mol. The SMILES string of the molecule is CCCN(CC1CC(C)(C)CCC1NC)C(C)C. The normalized spacial score (nSPS) is 28.0. The lowest BCUT2D eigenvalue weighted by Gasteiger charge is -2.43. The molecule has 0 spiro atoms. The summed E-state index contributed by atoms with van der Waals surface area (Å²) in [6, 6.07) is 1.39. The van der Waals surface area contributed by atoms with Crippen LogP contribution in [-0.4, -0.2) is 37.1 Å². The Hall–Kier alpha value is -0.0800. The van der Waals surface area contributed by atoms with Crippen LogP contribution in [0.3, 0.4) is 0 Å². The Balaban J connectivity index is 2.64. The van der Waals surface area contributed by atoms with E-state index in [9.17, 15) is 0 Å². The van der Waals surface area contributed by atoms with E-state index in [1.54, 1.807) is 0 Å². The maximum Gasteiger partial charge on any atom is 0.0105 e. The molecule has 0 bridgehead atoms. The molecular formula is C16H34N2. The van der Waals surface area contributed by atoms with Crippen molar-refractivity contribution >= 4 is 0 Å². The molecule has 2 unspecified atom stereocenters. The van der Waals surface area contributed by atoms with Crippen molar-refractivity contribution in [1.29, 1.82) is 0 Å². The van der Waals surface area contributed by atoms with Crippen LogP contribution < -0.4 is 5.32 Å². The minimum Gasteiger partial charge on any atom is -0.317 e. The summed E-state index contributed by atoms with van der Waals surface area (Å²) in [5.74, 6) is 0.813. The molecule has 1 aliphatic rings. The summed E-state index contributed by atoms with van der Waals surface area (Å²) in [5, 5.41) is 3.55. The van der Waals surface area contributed by atoms with Crippen LogP contribution in [0, 0.1) is 11.3 Å². The van der Waals surface area contributed by atoms with Gasteiger partial charge in [-0.1, -0.05) is 20.8 Å². The maximum atomic E-state index is 3.55. The highest BCUT2D eigenvalue weighted by atomic mass is 15.1. The fourth-order valence-corrected chi connectivity index (χ4v) is 3.46. The summed E-state index contributed by atoms with van der Waals surface area (Å²) < 4.78 is 0. The van der Waals surface area contributed by atoms with Gasteiger partial charge < -0.3 is 10.2 Å². The molecule has 18 heavy (non-hydrogen) atoms. The van der Waals surface area contributed by atoms with E-state index in [1.807, 2.05) is 0 Å². The van der Waals surface area contributed by atoms with Crippen LogP contribution in [0.25, 0.3) is 0 Å². The molecule has 1 saturated carbocycles. The Bertz CT molecular complexity index is 235. The van der Waals surface area contributed by atoms with Gasteiger partial charge >= 0.3 is 0 Å². The third-order valence-corrected chi connectivity index (χ3v) is 4.60. The highest BCUT2D eigenvalue weighted by molar-refractivity contribution is 4.90. The standard InChI is InChI=1S/C16H34N2/c1-7-10-18(13(2)3)12-14-11-16(4,5)9-8-15(14)17-6/h13-15,17H,7-12H2,1-6H3. The summed E-state index contributed by atoms with van der Waals surface area (Å²) in [7, 11) is 2.13. The first kappa shape index (κ1) is 16.0. The summed E-state index contributed by atoms with van der Waals surface area (Å²) in [4.78, 5) is 2.66. The first-order valence-corrected chi connectivity index (χ1v) is 7.81. The van der Waals surface area contributed by atoms with Crippen LogP contribution in [0.5, 0.6) is 0 Å². The van der Waals surface area contributed by atoms with Crippen molar-refractivity contribution in [1.82, 2.24) is 10.2 Å². The van der Waals surface area contributed by atoms with E-state index in [4.69, 9.17) is 0 Å². The summed E-state index contributed by atoms with van der Waals surface area (Å²) in [6.07, 6.45) is 5.33. The third-order valence-electron chi connectivity index (χ3n) is 4.60. The molecule has 1 aliphatic carbocycles. The Morgan fingerprint density at radius 2 is 2.00 bits per heavy atom. The molecule has 0 aliphatic heterocycles. The van der Waals surface area contributed by atoms with E-state index >= 15 is 0 Å². The molecule has 2 atom stereocenters. The molecule has 0 heterocycles. The zero-order valence-electron chi connectivity index (χ0n) is 13.4. The van der Waals surface area contributed by atoms with Crippen molar-refractivity contribution in [3.05, 3.63) is 0 Å². The molecule has 1 N–H and O–H groups in total. The first-order chi connectivity index (χ1) is 8.39. The lowest BCUT2D eigenvalue weighted by atomic mass is 9.69. The lowest BCUT2D eigenvalue weighted by molar-refractivity contribution is 0.0903. The largest absolute Gasteiger partial charge is 0.317 e. The summed E-state index contributed by atoms with van der Waals surface area (Å²) in [5.41, 5.74) is 0.535. The van der Waals surface area contributed by atoms with Crippen molar-refractivity contribution in [2.75, 3.05) is 20.1 Å². The van der Waals surface area contributed by atoms with Crippen LogP contribution in [0.1, 0.15) is 60.3 Å². The Labute approximate surface area is 115 Å². The maximum absolute atomic E-state index is 3.55. The highest BCUT2D eigenvalue weighted by Crippen LogP contribution is 2.39. The molecule has 1 fully saturated rings. The second-order valence-electron chi connectivity index (χ2n) is 7.15. The fourth-order valence-electron chi connectivity index (χ4n) is 3.46. The number of nitrogens with one attached hydrogen (secondary N) is 1. The van der Waals surface area contributed by atoms with E-state index < -0.39 is 0 Å². The Kier molecular flexibility index (Phi) is 6.13. The monoisotopic (exact) mass is 254 g/mol. The van der Waals surface area contributed by atoms with E-state index in [0.717, 1.165) is 12.0 Å². The molecule has 0 amide bonds. The predicted molar refractivity (Wildman–Crippen MR) is 81.0 cm³/mol. The van der Waals surface area contributed by atoms with Gasteiger partial charge in [0.1, 0.15) is 0 Å². The van der Waals surface area contributed by atoms with Gasteiger partial charge in [-0.3, -0.25) is 0 Å². The highest BCUT2D eigenvalue weighted by Gasteiger charge is 2.35. The summed E-state index contributed by atoms with van der Waals surface area (Å²) in [6.45, 7) is 14.3. The fraction of sp³-hybridized carbons (Fsp3) is 1.00. The second kappa shape index (κ2) is 6.91. The minimum atomic E-state index is 0.535. The van der Waals surface area contributed by atoms with Crippen LogP contribution in [0.4, 0.5) is 0 Å². The van der Waals surface area contributed by atoms with E-state index in [0.29, 0.717) is 11.5 Å². The third kappa shape index (κ3) is 4.55. The quantitative estimate of drug-likeness (QED) is 0.780. The van der Waals surface area contributed by atoms with Gasteiger partial charge in [0.15, 0.2) is 0 Å². The molecule has 1 rings (SSSR count). The number of hydrogen-bond acceptors (Lipinski definition) is 2. The summed E-state index contributed by atoms with van der Waals surface area (Å²) >= 11 is 0. The van der Waals surface area contributed by atoms with Crippen molar-refractivity contribution in [2.24, 2.45) is 11.3 Å². The molecule has 108 valence electrons. The number of nitrogens with zero attached hydrogens (tertiary/aromatic N) is 1. The van der Waals surface area contributed by atoms with Gasteiger partial charge in [-0.2, -0.15) is 0 Å². The van der Waals surface area contributed by atoms with Crippen molar-refractivity contribution in [2.45, 2.75) is 72.4 Å². The number of rotatable bonds is 6. The van der Waals surface area contributed by atoms with Gasteiger partial charge in [-0.15, -0.1) is 0 Å². The first-order valence-electron chi connectivity index (χ1n) is 7.81. The molecule has 0 radical (unpaired) electrons. The predicted octanol–water partition coefficient (Wildman–Crippen LogP) is 3.52. The lowest BCUT2D eigenvalue weighted by Crippen LogP contribution is -2.48. The van der Waals surface area contributed by atoms with Crippen LogP contribution in [0.15, 0.2) is 0 Å². The Morgan fingerprint density at radius 3 is 2.50 bits per heavy atom. The number of hydrogen-bond donors (Lipinski definition) is 1. The van der Waals surface area contributed by atoms with Gasteiger partial charge in [0.05, 0.1) is 0 Å². The van der Waals surface area contributed by atoms with Gasteiger partial charge in [0.2, 0.25) is 0 Å². The van der Waals surface area contributed by atoms with Crippen LogP contribution in [-0.2, 0) is 0 Å². The van der Waals surface area contributed by atoms with Crippen LogP contribution >= 0.6 is 0 Å². The minimum absolute atomic E-state index is 0.535. The molecule has 0 aromatic carbocycles. The smallest absolute Gasteiger partial charge is 0.0105 e. The van der Waals surface area contributed by atoms with Gasteiger partial charge in [0, 0.05) is 18.6 Å². The van der Waals surface area contributed by atoms with E-state index in [-0.39, 0.29) is 0 Å². The van der Waals surface area contributed by atoms with E-state index in [1.165, 1.54) is 38.8 Å².